The van der Waals surface area contributed by atoms with Crippen molar-refractivity contribution in [2.45, 2.75) is 6.92 Å². The summed E-state index contributed by atoms with van der Waals surface area (Å²) in [6, 6.07) is 0. The van der Waals surface area contributed by atoms with Crippen LogP contribution in [0.3, 0.4) is 0 Å². The van der Waals surface area contributed by atoms with Gasteiger partial charge in [-0.1, -0.05) is 0 Å². The van der Waals surface area contributed by atoms with Crippen LogP contribution in [0.4, 0.5) is 0 Å². The zero-order chi connectivity index (χ0) is 5.54. The Morgan fingerprint density at radius 1 is 2.00 bits per heavy atom. The second kappa shape index (κ2) is 5.65. The summed E-state index contributed by atoms with van der Waals surface area (Å²) in [5.41, 5.74) is 0. The number of hydrogen-bond donors (Lipinski definition) is 1. The van der Waals surface area contributed by atoms with E-state index >= 15 is 0 Å². The molecule has 0 amide bonds. The molecule has 0 rings (SSSR count). The van der Waals surface area contributed by atoms with E-state index in [1.54, 1.807) is 0 Å². The molecule has 0 aromatic carbocycles. The highest BCUT2D eigenvalue weighted by Gasteiger charge is 1.74. The minimum atomic E-state index is -0.630. The van der Waals surface area contributed by atoms with E-state index in [-0.39, 0.29) is 0 Å². The second-order valence-electron chi connectivity index (χ2n) is 0.958. The van der Waals surface area contributed by atoms with Crippen molar-refractivity contribution in [2.24, 2.45) is 5.16 Å². The number of nitrogens with zero attached hydrogens (tertiary/aromatic N) is 1. The molecule has 0 aromatic heterocycles. The Morgan fingerprint density at radius 2 is 2.71 bits per heavy atom. The molecule has 0 fully saturated rings. The molecule has 0 bridgehead atoms. The maximum absolute atomic E-state index is 7.82. The largest absolute Gasteiger partial charge is 0.418 e. The van der Waals surface area contributed by atoms with Crippen molar-refractivity contribution in [1.82, 2.24) is 0 Å². The van der Waals surface area contributed by atoms with Gasteiger partial charge >= 0.3 is 0 Å². The maximum atomic E-state index is 7.82. The first-order valence-corrected chi connectivity index (χ1v) is 3.54. The first-order chi connectivity index (χ1) is 3.41. The van der Waals surface area contributed by atoms with Crippen LogP contribution in [0.15, 0.2) is 5.16 Å². The molecule has 0 heterocycles. The van der Waals surface area contributed by atoms with Crippen molar-refractivity contribution in [1.29, 1.82) is 0 Å². The van der Waals surface area contributed by atoms with Crippen molar-refractivity contribution in [3.63, 3.8) is 0 Å². The van der Waals surface area contributed by atoms with Gasteiger partial charge in [0.25, 0.3) is 0 Å². The summed E-state index contributed by atoms with van der Waals surface area (Å²) in [5.74, 6) is 1.43. The van der Waals surface area contributed by atoms with Gasteiger partial charge in [-0.2, -0.15) is 0 Å². The number of rotatable bonds is 3. The van der Waals surface area contributed by atoms with Crippen molar-refractivity contribution < 1.29 is 9.63 Å². The Morgan fingerprint density at radius 3 is 3.14 bits per heavy atom. The molecule has 4 heteroatoms. The molecule has 7 heavy (non-hydrogen) atoms. The quantitative estimate of drug-likeness (QED) is 0.179. The summed E-state index contributed by atoms with van der Waals surface area (Å²) in [6.07, 6.45) is 0. The average Bonchev–Trinajstić information content (AvgIpc) is 1.69. The molecule has 0 saturated heterocycles. The van der Waals surface area contributed by atoms with Gasteiger partial charge < -0.3 is 9.63 Å². The van der Waals surface area contributed by atoms with E-state index < -0.39 is 9.76 Å². The van der Waals surface area contributed by atoms with Gasteiger partial charge in [-0.05, 0) is 6.92 Å². The molecule has 0 unspecified atom stereocenters. The first kappa shape index (κ1) is 6.65. The van der Waals surface area contributed by atoms with Crippen LogP contribution in [-0.2, 0) is 4.43 Å². The molecule has 0 atom stereocenters. The summed E-state index contributed by atoms with van der Waals surface area (Å²) in [6.45, 7) is 2.64. The lowest BCUT2D eigenvalue weighted by molar-refractivity contribution is 0.320. The van der Waals surface area contributed by atoms with E-state index in [1.165, 1.54) is 5.84 Å². The highest BCUT2D eigenvalue weighted by molar-refractivity contribution is 6.62. The van der Waals surface area contributed by atoms with Crippen LogP contribution in [0.5, 0.6) is 0 Å². The lowest BCUT2D eigenvalue weighted by Crippen LogP contribution is -1.98. The third kappa shape index (κ3) is 5.65. The van der Waals surface area contributed by atoms with E-state index in [4.69, 9.17) is 9.63 Å². The molecule has 0 aromatic rings. The normalized spacial score (nSPS) is 12.1. The van der Waals surface area contributed by atoms with Gasteiger partial charge in [0.15, 0.2) is 0 Å². The van der Waals surface area contributed by atoms with Gasteiger partial charge in [-0.25, -0.2) is 0 Å². The summed E-state index contributed by atoms with van der Waals surface area (Å²) < 4.78 is 4.90. The standard InChI is InChI=1S/C3H9NO2Si/c1-2-6-7-3-4-5/h3,5H,2,7H2,1H3. The summed E-state index contributed by atoms with van der Waals surface area (Å²) in [7, 11) is -0.630. The molecule has 0 aliphatic carbocycles. The van der Waals surface area contributed by atoms with Gasteiger partial charge in [0.1, 0.15) is 0 Å². The Bertz CT molecular complexity index is 56.9. The zero-order valence-corrected chi connectivity index (χ0v) is 5.71. The minimum Gasteiger partial charge on any atom is -0.418 e. The predicted molar refractivity (Wildman–Crippen MR) is 30.4 cm³/mol. The fourth-order valence-electron chi connectivity index (χ4n) is 0.204. The van der Waals surface area contributed by atoms with Crippen molar-refractivity contribution in [2.75, 3.05) is 6.61 Å². The fraction of sp³-hybridized carbons (Fsp3) is 0.667. The third-order valence-corrected chi connectivity index (χ3v) is 1.43. The SMILES string of the molecule is CCO[SiH2]C=NO. The fourth-order valence-corrected chi connectivity index (χ4v) is 0.612. The number of oxime groups is 1. The van der Waals surface area contributed by atoms with Crippen LogP contribution in [-0.4, -0.2) is 27.4 Å². The molecule has 0 radical (unpaired) electrons. The van der Waals surface area contributed by atoms with Crippen LogP contribution in [0.2, 0.25) is 0 Å². The van der Waals surface area contributed by atoms with Crippen molar-refractivity contribution in [3.8, 4) is 0 Å². The molecule has 0 spiro atoms. The van der Waals surface area contributed by atoms with Crippen molar-refractivity contribution >= 4 is 15.6 Å². The summed E-state index contributed by atoms with van der Waals surface area (Å²) >= 11 is 0. The monoisotopic (exact) mass is 119 g/mol. The number of hydrogen-bond acceptors (Lipinski definition) is 3. The molecule has 3 nitrogen and oxygen atoms in total. The highest BCUT2D eigenvalue weighted by Crippen LogP contribution is 1.62. The second-order valence-corrected chi connectivity index (χ2v) is 2.06. The molecule has 0 saturated carbocycles. The zero-order valence-electron chi connectivity index (χ0n) is 4.29. The first-order valence-electron chi connectivity index (χ1n) is 2.15. The Labute approximate surface area is 44.9 Å². The van der Waals surface area contributed by atoms with Crippen molar-refractivity contribution in [3.05, 3.63) is 0 Å². The van der Waals surface area contributed by atoms with Gasteiger partial charge in [-0.3, -0.25) is 0 Å². The van der Waals surface area contributed by atoms with Gasteiger partial charge in [0, 0.05) is 6.61 Å². The Kier molecular flexibility index (Phi) is 5.36. The minimum absolute atomic E-state index is 0.630. The van der Waals surface area contributed by atoms with Gasteiger partial charge in [0.05, 0.1) is 5.84 Å². The molecular weight excluding hydrogens is 110 g/mol. The molecule has 0 aliphatic rings. The lowest BCUT2D eigenvalue weighted by Gasteiger charge is -1.87. The van der Waals surface area contributed by atoms with E-state index in [0.717, 1.165) is 6.61 Å². The van der Waals surface area contributed by atoms with Crippen LogP contribution >= 0.6 is 0 Å². The Balaban J connectivity index is 2.69. The van der Waals surface area contributed by atoms with E-state index in [1.807, 2.05) is 6.92 Å². The van der Waals surface area contributed by atoms with Crippen LogP contribution in [0.25, 0.3) is 0 Å². The van der Waals surface area contributed by atoms with E-state index in [9.17, 15) is 0 Å². The predicted octanol–water partition coefficient (Wildman–Crippen LogP) is -0.476. The van der Waals surface area contributed by atoms with E-state index in [0.29, 0.717) is 0 Å². The third-order valence-electron chi connectivity index (χ3n) is 0.478. The highest BCUT2D eigenvalue weighted by atomic mass is 28.2. The lowest BCUT2D eigenvalue weighted by atomic mass is 10.9. The van der Waals surface area contributed by atoms with Gasteiger partial charge in [0.2, 0.25) is 9.76 Å². The molecular formula is C3H9NO2Si. The van der Waals surface area contributed by atoms with Crippen LogP contribution in [0.1, 0.15) is 6.92 Å². The summed E-state index contributed by atoms with van der Waals surface area (Å²) in [5, 5.41) is 10.6. The molecule has 0 aliphatic heterocycles. The van der Waals surface area contributed by atoms with Crippen LogP contribution in [0, 0.1) is 0 Å². The average molecular weight is 119 g/mol. The molecule has 42 valence electrons. The maximum Gasteiger partial charge on any atom is 0.208 e. The Hall–Kier alpha value is -0.353. The van der Waals surface area contributed by atoms with E-state index in [2.05, 4.69) is 5.16 Å². The topological polar surface area (TPSA) is 41.8 Å². The summed E-state index contributed by atoms with van der Waals surface area (Å²) in [4.78, 5) is 0. The van der Waals surface area contributed by atoms with Gasteiger partial charge in [-0.15, -0.1) is 5.16 Å². The van der Waals surface area contributed by atoms with Crippen LogP contribution < -0.4 is 0 Å². The molecule has 1 N–H and O–H groups in total. The smallest absolute Gasteiger partial charge is 0.208 e.